The van der Waals surface area contributed by atoms with Gasteiger partial charge < -0.3 is 10.6 Å². The molecule has 1 aromatic heterocycles. The van der Waals surface area contributed by atoms with E-state index in [0.29, 0.717) is 18.2 Å². The molecule has 0 bridgehead atoms. The Bertz CT molecular complexity index is 1010. The molecular formula is C19H21N5O2S. The van der Waals surface area contributed by atoms with Gasteiger partial charge in [-0.2, -0.15) is 0 Å². The molecule has 0 spiro atoms. The first-order valence-corrected chi connectivity index (χ1v) is 9.98. The van der Waals surface area contributed by atoms with Gasteiger partial charge in [-0.05, 0) is 43.2 Å². The molecule has 3 aromatic rings. The van der Waals surface area contributed by atoms with E-state index in [2.05, 4.69) is 20.6 Å². The van der Waals surface area contributed by atoms with Crippen molar-refractivity contribution in [3.8, 4) is 0 Å². The van der Waals surface area contributed by atoms with E-state index in [1.165, 1.54) is 12.1 Å². The van der Waals surface area contributed by atoms with Crippen molar-refractivity contribution in [1.82, 2.24) is 9.97 Å². The minimum atomic E-state index is -3.66. The third-order valence-electron chi connectivity index (χ3n) is 3.86. The standard InChI is InChI=1S/C19H21N5O2S/c1-14-22-18(13-19(23-14)24-16-5-3-2-4-6-16)21-12-11-15-7-9-17(10-8-15)27(20,25)26/h2-10,13H,11-12H2,1H3,(H2,20,25,26)(H2,21,22,23,24). The van der Waals surface area contributed by atoms with Crippen LogP contribution in [0.1, 0.15) is 11.4 Å². The van der Waals surface area contributed by atoms with Gasteiger partial charge in [-0.1, -0.05) is 30.3 Å². The fourth-order valence-corrected chi connectivity index (χ4v) is 3.09. The molecule has 1 heterocycles. The molecule has 0 saturated carbocycles. The lowest BCUT2D eigenvalue weighted by atomic mass is 10.1. The quantitative estimate of drug-likeness (QED) is 0.579. The number of sulfonamides is 1. The predicted octanol–water partition coefficient (Wildman–Crippen LogP) is 2.83. The molecule has 0 fully saturated rings. The van der Waals surface area contributed by atoms with Crippen LogP contribution in [0.5, 0.6) is 0 Å². The second-order valence-corrected chi connectivity index (χ2v) is 7.60. The van der Waals surface area contributed by atoms with E-state index in [4.69, 9.17) is 5.14 Å². The molecule has 8 heteroatoms. The van der Waals surface area contributed by atoms with Gasteiger partial charge in [0.2, 0.25) is 10.0 Å². The molecule has 0 aliphatic rings. The lowest BCUT2D eigenvalue weighted by molar-refractivity contribution is 0.598. The van der Waals surface area contributed by atoms with Gasteiger partial charge in [-0.15, -0.1) is 0 Å². The van der Waals surface area contributed by atoms with Crippen LogP contribution < -0.4 is 15.8 Å². The first-order valence-electron chi connectivity index (χ1n) is 8.43. The van der Waals surface area contributed by atoms with E-state index < -0.39 is 10.0 Å². The van der Waals surface area contributed by atoms with Gasteiger partial charge in [0, 0.05) is 18.3 Å². The molecule has 0 radical (unpaired) electrons. The third kappa shape index (κ3) is 5.50. The van der Waals surface area contributed by atoms with Gasteiger partial charge in [-0.25, -0.2) is 23.5 Å². The fraction of sp³-hybridized carbons (Fsp3) is 0.158. The summed E-state index contributed by atoms with van der Waals surface area (Å²) in [4.78, 5) is 8.91. The van der Waals surface area contributed by atoms with E-state index in [0.717, 1.165) is 23.5 Å². The van der Waals surface area contributed by atoms with Crippen LogP contribution in [0, 0.1) is 6.92 Å². The number of primary sulfonamides is 1. The third-order valence-corrected chi connectivity index (χ3v) is 4.79. The maximum atomic E-state index is 11.3. The number of aromatic nitrogens is 2. The molecule has 0 atom stereocenters. The van der Waals surface area contributed by atoms with E-state index in [1.54, 1.807) is 12.1 Å². The SMILES string of the molecule is Cc1nc(NCCc2ccc(S(N)(=O)=O)cc2)cc(Nc2ccccc2)n1. The monoisotopic (exact) mass is 383 g/mol. The molecule has 140 valence electrons. The van der Waals surface area contributed by atoms with Crippen molar-refractivity contribution in [2.45, 2.75) is 18.2 Å². The zero-order chi connectivity index (χ0) is 19.3. The summed E-state index contributed by atoms with van der Waals surface area (Å²) in [5, 5.41) is 11.6. The number of aryl methyl sites for hydroxylation is 1. The summed E-state index contributed by atoms with van der Waals surface area (Å²) in [6.07, 6.45) is 0.718. The number of nitrogens with one attached hydrogen (secondary N) is 2. The van der Waals surface area contributed by atoms with Gasteiger partial charge in [0.1, 0.15) is 17.5 Å². The highest BCUT2D eigenvalue weighted by Gasteiger charge is 2.07. The molecular weight excluding hydrogens is 362 g/mol. The Hall–Kier alpha value is -2.97. The van der Waals surface area contributed by atoms with Crippen molar-refractivity contribution in [2.24, 2.45) is 5.14 Å². The first kappa shape index (κ1) is 18.8. The number of benzene rings is 2. The summed E-state index contributed by atoms with van der Waals surface area (Å²) in [5.74, 6) is 2.10. The van der Waals surface area contributed by atoms with Gasteiger partial charge in [0.05, 0.1) is 4.90 Å². The van der Waals surface area contributed by atoms with Gasteiger partial charge in [0.25, 0.3) is 0 Å². The highest BCUT2D eigenvalue weighted by Crippen LogP contribution is 2.17. The predicted molar refractivity (Wildman–Crippen MR) is 107 cm³/mol. The number of hydrogen-bond donors (Lipinski definition) is 3. The molecule has 27 heavy (non-hydrogen) atoms. The van der Waals surface area contributed by atoms with Crippen LogP contribution in [0.3, 0.4) is 0 Å². The Labute approximate surface area is 158 Å². The molecule has 4 N–H and O–H groups in total. The Morgan fingerprint density at radius 2 is 1.63 bits per heavy atom. The fourth-order valence-electron chi connectivity index (χ4n) is 2.57. The zero-order valence-corrected chi connectivity index (χ0v) is 15.7. The first-order chi connectivity index (χ1) is 12.9. The van der Waals surface area contributed by atoms with Crippen molar-refractivity contribution >= 4 is 27.3 Å². The Balaban J connectivity index is 1.61. The Kier molecular flexibility index (Phi) is 5.68. The van der Waals surface area contributed by atoms with Crippen molar-refractivity contribution in [1.29, 1.82) is 0 Å². The van der Waals surface area contributed by atoms with Crippen molar-refractivity contribution in [2.75, 3.05) is 17.2 Å². The topological polar surface area (TPSA) is 110 Å². The average Bonchev–Trinajstić information content (AvgIpc) is 2.62. The molecule has 0 aliphatic carbocycles. The number of nitrogens with two attached hydrogens (primary N) is 1. The van der Waals surface area contributed by atoms with Crippen molar-refractivity contribution < 1.29 is 8.42 Å². The summed E-state index contributed by atoms with van der Waals surface area (Å²) < 4.78 is 22.6. The summed E-state index contributed by atoms with van der Waals surface area (Å²) in [6.45, 7) is 2.49. The summed E-state index contributed by atoms with van der Waals surface area (Å²) in [7, 11) is -3.66. The normalized spacial score (nSPS) is 11.2. The van der Waals surface area contributed by atoms with Crippen LogP contribution in [0.25, 0.3) is 0 Å². The van der Waals surface area contributed by atoms with E-state index in [9.17, 15) is 8.42 Å². The van der Waals surface area contributed by atoms with E-state index in [-0.39, 0.29) is 4.90 Å². The number of rotatable bonds is 7. The van der Waals surface area contributed by atoms with Crippen LogP contribution in [0.2, 0.25) is 0 Å². The molecule has 0 aliphatic heterocycles. The lowest BCUT2D eigenvalue weighted by Gasteiger charge is -2.10. The minimum absolute atomic E-state index is 0.113. The average molecular weight is 383 g/mol. The van der Waals surface area contributed by atoms with E-state index >= 15 is 0 Å². The van der Waals surface area contributed by atoms with E-state index in [1.807, 2.05) is 43.3 Å². The highest BCUT2D eigenvalue weighted by atomic mass is 32.2. The number of anilines is 3. The van der Waals surface area contributed by atoms with Crippen LogP contribution >= 0.6 is 0 Å². The van der Waals surface area contributed by atoms with Crippen LogP contribution in [-0.4, -0.2) is 24.9 Å². The molecule has 2 aromatic carbocycles. The maximum absolute atomic E-state index is 11.3. The lowest BCUT2D eigenvalue weighted by Crippen LogP contribution is -2.12. The molecule has 0 unspecified atom stereocenters. The van der Waals surface area contributed by atoms with Crippen molar-refractivity contribution in [3.05, 3.63) is 72.1 Å². The Morgan fingerprint density at radius 3 is 2.30 bits per heavy atom. The Morgan fingerprint density at radius 1 is 0.963 bits per heavy atom. The molecule has 3 rings (SSSR count). The smallest absolute Gasteiger partial charge is 0.238 e. The van der Waals surface area contributed by atoms with Gasteiger partial charge >= 0.3 is 0 Å². The number of nitrogens with zero attached hydrogens (tertiary/aromatic N) is 2. The highest BCUT2D eigenvalue weighted by molar-refractivity contribution is 7.89. The van der Waals surface area contributed by atoms with Gasteiger partial charge in [-0.3, -0.25) is 0 Å². The maximum Gasteiger partial charge on any atom is 0.238 e. The summed E-state index contributed by atoms with van der Waals surface area (Å²) in [6, 6.07) is 18.2. The number of hydrogen-bond acceptors (Lipinski definition) is 6. The second kappa shape index (κ2) is 8.15. The van der Waals surface area contributed by atoms with Crippen LogP contribution in [-0.2, 0) is 16.4 Å². The largest absolute Gasteiger partial charge is 0.370 e. The molecule has 0 amide bonds. The van der Waals surface area contributed by atoms with Crippen molar-refractivity contribution in [3.63, 3.8) is 0 Å². The number of para-hydroxylation sites is 1. The zero-order valence-electron chi connectivity index (χ0n) is 14.9. The van der Waals surface area contributed by atoms with Crippen LogP contribution in [0.15, 0.2) is 65.6 Å². The molecule has 0 saturated heterocycles. The van der Waals surface area contributed by atoms with Gasteiger partial charge in [0.15, 0.2) is 0 Å². The summed E-state index contributed by atoms with van der Waals surface area (Å²) in [5.41, 5.74) is 1.96. The second-order valence-electron chi connectivity index (χ2n) is 6.04. The summed E-state index contributed by atoms with van der Waals surface area (Å²) >= 11 is 0. The van der Waals surface area contributed by atoms with Crippen LogP contribution in [0.4, 0.5) is 17.3 Å². The minimum Gasteiger partial charge on any atom is -0.370 e. The molecule has 7 nitrogen and oxygen atoms in total.